The average molecular weight is 1340 g/mol. The monoisotopic (exact) mass is 1340 g/mol. The Morgan fingerprint density at radius 3 is 1.00 bits per heavy atom. The summed E-state index contributed by atoms with van der Waals surface area (Å²) in [6.45, 7) is 11.4. The Hall–Kier alpha value is -12.7. The number of methoxy groups -OCH3 is 3. The molecule has 12 aromatic rings. The fourth-order valence-corrected chi connectivity index (χ4v) is 10.2. The lowest BCUT2D eigenvalue weighted by Gasteiger charge is -2.16. The molecule has 10 aromatic heterocycles. The second-order valence-corrected chi connectivity index (χ2v) is 22.5. The Kier molecular flexibility index (Phi) is 21.5. The largest absolute Gasteiger partial charge is 0.494 e. The number of nitrogens with one attached hydrogen (secondary N) is 6. The van der Waals surface area contributed by atoms with Gasteiger partial charge in [-0.05, 0) is 51.1 Å². The Morgan fingerprint density at radius 2 is 0.707 bits per heavy atom. The number of Topliss-reactive ketones (excluding diaryl/α,β-unsaturated/α-hetero) is 3. The van der Waals surface area contributed by atoms with Gasteiger partial charge in [0, 0.05) is 140 Å². The Bertz CT molecular complexity index is 4350. The topological polar surface area (TPSA) is 348 Å². The van der Waals surface area contributed by atoms with Crippen molar-refractivity contribution >= 4 is 86.5 Å². The van der Waals surface area contributed by atoms with E-state index >= 15 is 0 Å². The van der Waals surface area contributed by atoms with Crippen molar-refractivity contribution in [3.63, 3.8) is 0 Å². The summed E-state index contributed by atoms with van der Waals surface area (Å²) in [4.78, 5) is 68.5. The van der Waals surface area contributed by atoms with Gasteiger partial charge in [0.2, 0.25) is 0 Å². The first kappa shape index (κ1) is 69.1. The van der Waals surface area contributed by atoms with Crippen LogP contribution in [0.1, 0.15) is 88.2 Å². The number of para-hydroxylation sites is 2. The van der Waals surface area contributed by atoms with Crippen LogP contribution in [0.15, 0.2) is 123 Å². The van der Waals surface area contributed by atoms with E-state index in [2.05, 4.69) is 97.4 Å². The molecule has 0 saturated carbocycles. The normalized spacial score (nSPS) is 10.8. The van der Waals surface area contributed by atoms with Crippen LogP contribution in [0.4, 0.5) is 69.2 Å². The molecule has 31 heteroatoms. The number of hydrogen-bond acceptors (Lipinski definition) is 25. The molecule has 0 aliphatic heterocycles. The average Bonchev–Trinajstić information content (AvgIpc) is 1.77. The number of aryl methyl sites for hydroxylation is 9. The fraction of sp³-hybridized carbons (Fsp3) is 0.265. The minimum atomic E-state index is -0.0493. The summed E-state index contributed by atoms with van der Waals surface area (Å²) in [7, 11) is 15.8. The number of ketones is 3. The van der Waals surface area contributed by atoms with Gasteiger partial charge in [-0.1, -0.05) is 32.9 Å². The zero-order chi connectivity index (χ0) is 70.6. The van der Waals surface area contributed by atoms with Gasteiger partial charge in [0.15, 0.2) is 75.3 Å². The number of carbonyl (C=O) groups is 3. The lowest BCUT2D eigenvalue weighted by atomic mass is 10.1. The molecule has 0 unspecified atom stereocenters. The molecule has 0 aliphatic carbocycles. The molecule has 0 amide bonds. The van der Waals surface area contributed by atoms with E-state index in [4.69, 9.17) is 14.2 Å². The molecule has 10 heterocycles. The molecular weight excluding hydrogens is 1260 g/mol. The second-order valence-electron chi connectivity index (χ2n) is 22.5. The van der Waals surface area contributed by atoms with Crippen molar-refractivity contribution in [1.29, 1.82) is 0 Å². The number of pyridine rings is 4. The van der Waals surface area contributed by atoms with Gasteiger partial charge in [-0.3, -0.25) is 42.5 Å². The van der Waals surface area contributed by atoms with Gasteiger partial charge in [0.25, 0.3) is 0 Å². The van der Waals surface area contributed by atoms with Crippen LogP contribution in [0.3, 0.4) is 0 Å². The van der Waals surface area contributed by atoms with Crippen molar-refractivity contribution in [3.05, 3.63) is 156 Å². The summed E-state index contributed by atoms with van der Waals surface area (Å²) in [5, 5.41) is 45.9. The van der Waals surface area contributed by atoms with Crippen LogP contribution in [-0.2, 0) is 42.3 Å². The highest BCUT2D eigenvalue weighted by molar-refractivity contribution is 6.04. The molecule has 6 N–H and O–H groups in total. The second kappa shape index (κ2) is 30.8. The van der Waals surface area contributed by atoms with E-state index < -0.39 is 0 Å². The first-order valence-electron chi connectivity index (χ1n) is 31.4. The number of hydrogen-bond donors (Lipinski definition) is 6. The van der Waals surface area contributed by atoms with Crippen LogP contribution in [0, 0.1) is 20.8 Å². The van der Waals surface area contributed by atoms with Gasteiger partial charge in [-0.25, -0.2) is 34.9 Å². The van der Waals surface area contributed by atoms with Crippen LogP contribution in [0.5, 0.6) is 17.2 Å². The summed E-state index contributed by atoms with van der Waals surface area (Å²) in [6, 6.07) is 24.2. The molecule has 0 saturated heterocycles. The zero-order valence-corrected chi connectivity index (χ0v) is 57.6. The molecule has 0 aliphatic rings. The van der Waals surface area contributed by atoms with Gasteiger partial charge in [0.05, 0.1) is 83.1 Å². The summed E-state index contributed by atoms with van der Waals surface area (Å²) in [5.41, 5.74) is 9.73. The molecule has 0 atom stereocenters. The van der Waals surface area contributed by atoms with Crippen molar-refractivity contribution < 1.29 is 28.6 Å². The molecule has 12 rings (SSSR count). The zero-order valence-electron chi connectivity index (χ0n) is 57.6. The molecule has 0 fully saturated rings. The third-order valence-corrected chi connectivity index (χ3v) is 15.5. The first-order chi connectivity index (χ1) is 47.7. The van der Waals surface area contributed by atoms with E-state index in [0.29, 0.717) is 145 Å². The molecule has 99 heavy (non-hydrogen) atoms. The molecule has 0 radical (unpaired) electrons. The number of carbonyl (C=O) groups excluding carboxylic acids is 3. The highest BCUT2D eigenvalue weighted by Gasteiger charge is 2.23. The summed E-state index contributed by atoms with van der Waals surface area (Å²) in [6.07, 6.45) is 12.3. The summed E-state index contributed by atoms with van der Waals surface area (Å²) < 4.78 is 27.2. The number of ether oxygens (including phenoxy) is 3. The third kappa shape index (κ3) is 16.2. The van der Waals surface area contributed by atoms with E-state index in [-0.39, 0.29) is 17.3 Å². The quantitative estimate of drug-likeness (QED) is 0.0306. The van der Waals surface area contributed by atoms with Gasteiger partial charge >= 0.3 is 0 Å². The Labute approximate surface area is 570 Å². The smallest absolute Gasteiger partial charge is 0.185 e. The highest BCUT2D eigenvalue weighted by Crippen LogP contribution is 2.41. The maximum atomic E-state index is 12.6. The molecule has 2 aromatic carbocycles. The van der Waals surface area contributed by atoms with Crippen LogP contribution in [0.25, 0.3) is 34.2 Å². The van der Waals surface area contributed by atoms with E-state index in [1.807, 2.05) is 124 Å². The van der Waals surface area contributed by atoms with Crippen LogP contribution >= 0.6 is 0 Å². The molecule has 0 spiro atoms. The number of aromatic nitrogens is 19. The van der Waals surface area contributed by atoms with Crippen molar-refractivity contribution in [2.45, 2.75) is 60.8 Å². The van der Waals surface area contributed by atoms with Crippen molar-refractivity contribution in [2.75, 3.05) is 53.2 Å². The number of benzene rings is 2. The maximum absolute atomic E-state index is 12.6. The van der Waals surface area contributed by atoms with Crippen LogP contribution in [0.2, 0.25) is 0 Å². The van der Waals surface area contributed by atoms with Crippen molar-refractivity contribution in [3.8, 4) is 51.4 Å². The minimum absolute atomic E-state index is 0.0215. The molecular formula is C68H77N25O6. The minimum Gasteiger partial charge on any atom is -0.494 e. The highest BCUT2D eigenvalue weighted by atomic mass is 16.5. The lowest BCUT2D eigenvalue weighted by molar-refractivity contribution is 0.0980. The molecule has 31 nitrogen and oxygen atoms in total. The Balaban J connectivity index is 0.000000161. The predicted octanol–water partition coefficient (Wildman–Crippen LogP) is 11.4. The summed E-state index contributed by atoms with van der Waals surface area (Å²) >= 11 is 0. The van der Waals surface area contributed by atoms with Crippen molar-refractivity contribution in [2.24, 2.45) is 42.3 Å². The first-order valence-corrected chi connectivity index (χ1v) is 31.4. The Morgan fingerprint density at radius 1 is 0.374 bits per heavy atom. The van der Waals surface area contributed by atoms with Gasteiger partial charge in [-0.2, -0.15) is 30.6 Å². The maximum Gasteiger partial charge on any atom is 0.185 e. The lowest BCUT2D eigenvalue weighted by Crippen LogP contribution is -2.07. The van der Waals surface area contributed by atoms with Crippen LogP contribution in [-0.4, -0.2) is 132 Å². The van der Waals surface area contributed by atoms with E-state index in [1.54, 1.807) is 131 Å². The van der Waals surface area contributed by atoms with E-state index in [0.717, 1.165) is 28.2 Å². The van der Waals surface area contributed by atoms with Gasteiger partial charge < -0.3 is 46.1 Å². The SMILES string of the molecule is CCC(=O)c1cnc(Nc2cc(C)n(C)n2)cc1Nc1cccc(-c2ncn(C)n2)c1OC.CCC(=O)c1cnc(Nc2cc(C)n(C)n2)cc1Nc1cccc(-c2ncn(C)n2)c1OC.CCC(=O)c1cnc(Nc2cc(C)n(C)n2)cc1Nc1nccc(-c2ncn(C)n2)c1OC. The number of nitrogens with zero attached hydrogens (tertiary/aromatic N) is 19. The standard InChI is InChI=1S/2C23H26N8O2.C22H25N9O2/c2*1-6-19(32)16-12-24-20(27-21-10-14(2)31(4)28-21)11-18(16)26-17-9-7-8-15(22(17)33-5)23-25-13-30(3)29-23;1-6-17(32)15-11-24-18(27-19-9-13(2)31(4)28-19)10-16(15)26-22-20(33-5)14(7-8-23-22)21-25-12-30(3)29-21/h2*7-13H,6H2,1-5H3,(H2,24,26,27,28);7-12H,6H2,1-5H3,(H2,23,24,26,27,28). The predicted molar refractivity (Wildman–Crippen MR) is 377 cm³/mol. The van der Waals surface area contributed by atoms with Crippen LogP contribution < -0.4 is 46.1 Å². The number of anilines is 12. The molecule has 0 bridgehead atoms. The fourth-order valence-electron chi connectivity index (χ4n) is 10.2. The van der Waals surface area contributed by atoms with Gasteiger partial charge in [-0.15, -0.1) is 0 Å². The van der Waals surface area contributed by atoms with E-state index in [1.165, 1.54) is 0 Å². The third-order valence-electron chi connectivity index (χ3n) is 15.5. The summed E-state index contributed by atoms with van der Waals surface area (Å²) in [5.74, 6) is 7.20. The van der Waals surface area contributed by atoms with Crippen molar-refractivity contribution in [1.82, 2.24) is 93.6 Å². The van der Waals surface area contributed by atoms with E-state index in [9.17, 15) is 14.4 Å². The molecule has 510 valence electrons. The van der Waals surface area contributed by atoms with Gasteiger partial charge in [0.1, 0.15) is 36.4 Å². The number of rotatable bonds is 24.